The first-order valence-electron chi connectivity index (χ1n) is 8.21. The third-order valence-electron chi connectivity index (χ3n) is 4.65. The molecular weight excluding hydrogens is 375 g/mol. The second-order valence-electron chi connectivity index (χ2n) is 6.18. The van der Waals surface area contributed by atoms with Gasteiger partial charge in [-0.3, -0.25) is 9.69 Å². The maximum atomic E-state index is 13.1. The molecule has 3 rings (SSSR count). The lowest BCUT2D eigenvalue weighted by molar-refractivity contribution is -0.132. The molecule has 2 atom stereocenters. The van der Waals surface area contributed by atoms with Crippen LogP contribution < -0.4 is 5.32 Å². The molecule has 0 aliphatic carbocycles. The molecule has 26 heavy (non-hydrogen) atoms. The molecule has 5 nitrogen and oxygen atoms in total. The molecule has 0 aromatic heterocycles. The van der Waals surface area contributed by atoms with Crippen LogP contribution in [-0.4, -0.2) is 28.5 Å². The Bertz CT molecular complexity index is 824. The Labute approximate surface area is 161 Å². The van der Waals surface area contributed by atoms with Crippen LogP contribution >= 0.6 is 23.2 Å². The van der Waals surface area contributed by atoms with Gasteiger partial charge in [0, 0.05) is 10.0 Å². The minimum Gasteiger partial charge on any atom is -0.387 e. The lowest BCUT2D eigenvalue weighted by Crippen LogP contribution is -2.43. The number of β-amino-alcohol motifs (C(OH)–C–C–N with tert-alkyl or cyclic N) is 1. The van der Waals surface area contributed by atoms with Crippen LogP contribution in [-0.2, 0) is 10.3 Å². The van der Waals surface area contributed by atoms with Gasteiger partial charge in [-0.1, -0.05) is 54.4 Å². The number of imide groups is 1. The summed E-state index contributed by atoms with van der Waals surface area (Å²) < 4.78 is 0. The quantitative estimate of drug-likeness (QED) is 0.758. The fourth-order valence-corrected chi connectivity index (χ4v) is 3.38. The molecule has 7 heteroatoms. The fourth-order valence-electron chi connectivity index (χ4n) is 3.13. The second kappa shape index (κ2) is 7.27. The van der Waals surface area contributed by atoms with Crippen molar-refractivity contribution in [1.29, 1.82) is 0 Å². The number of urea groups is 1. The van der Waals surface area contributed by atoms with Crippen molar-refractivity contribution in [2.75, 3.05) is 6.54 Å². The molecule has 1 heterocycles. The number of amides is 3. The van der Waals surface area contributed by atoms with E-state index in [2.05, 4.69) is 5.32 Å². The van der Waals surface area contributed by atoms with Crippen molar-refractivity contribution < 1.29 is 14.7 Å². The van der Waals surface area contributed by atoms with Gasteiger partial charge >= 0.3 is 6.03 Å². The molecule has 1 aliphatic heterocycles. The highest BCUT2D eigenvalue weighted by Crippen LogP contribution is 2.34. The van der Waals surface area contributed by atoms with E-state index in [9.17, 15) is 14.7 Å². The van der Waals surface area contributed by atoms with Crippen LogP contribution in [0.2, 0.25) is 10.0 Å². The second-order valence-corrected chi connectivity index (χ2v) is 7.05. The average molecular weight is 393 g/mol. The van der Waals surface area contributed by atoms with Gasteiger partial charge in [0.25, 0.3) is 5.91 Å². The monoisotopic (exact) mass is 392 g/mol. The van der Waals surface area contributed by atoms with Crippen molar-refractivity contribution in [3.05, 3.63) is 69.7 Å². The number of benzene rings is 2. The molecule has 2 N–H and O–H groups in total. The number of nitrogens with one attached hydrogen (secondary N) is 1. The van der Waals surface area contributed by atoms with Crippen molar-refractivity contribution in [3.8, 4) is 0 Å². The third kappa shape index (κ3) is 3.30. The van der Waals surface area contributed by atoms with Crippen LogP contribution in [0.4, 0.5) is 4.79 Å². The summed E-state index contributed by atoms with van der Waals surface area (Å²) in [6.45, 7) is 1.69. The average Bonchev–Trinajstić information content (AvgIpc) is 2.88. The van der Waals surface area contributed by atoms with Crippen molar-refractivity contribution >= 4 is 35.1 Å². The molecule has 0 saturated carbocycles. The minimum absolute atomic E-state index is 0.137. The normalized spacial score (nSPS) is 21.0. The number of rotatable bonds is 5. The summed E-state index contributed by atoms with van der Waals surface area (Å²) in [7, 11) is 0. The lowest BCUT2D eigenvalue weighted by atomic mass is 9.87. The lowest BCUT2D eigenvalue weighted by Gasteiger charge is -2.26. The summed E-state index contributed by atoms with van der Waals surface area (Å²) in [4.78, 5) is 26.6. The number of aliphatic hydroxyl groups is 1. The zero-order valence-corrected chi connectivity index (χ0v) is 15.6. The first-order chi connectivity index (χ1) is 12.4. The summed E-state index contributed by atoms with van der Waals surface area (Å²) in [6.07, 6.45) is -0.618. The standard InChI is InChI=1S/C19H18Cl2N2O3/c1-2-19(13-5-9-15(21)10-6-13)17(25)23(18(26)22-19)11-16(24)12-3-7-14(20)8-4-12/h3-10,16,24H,2,11H2,1H3,(H,22,26)/t16-,19-/m1/s1. The Hall–Kier alpha value is -2.08. The summed E-state index contributed by atoms with van der Waals surface area (Å²) in [5, 5.41) is 14.3. The summed E-state index contributed by atoms with van der Waals surface area (Å²) in [5.41, 5.74) is 0.0863. The molecule has 0 spiro atoms. The van der Waals surface area contributed by atoms with Gasteiger partial charge in [0.05, 0.1) is 12.6 Å². The Kier molecular flexibility index (Phi) is 5.23. The number of carbonyl (C=O) groups excluding carboxylic acids is 2. The summed E-state index contributed by atoms with van der Waals surface area (Å²) >= 11 is 11.8. The van der Waals surface area contributed by atoms with Gasteiger partial charge in [0.1, 0.15) is 5.54 Å². The number of hydrogen-bond acceptors (Lipinski definition) is 3. The van der Waals surface area contributed by atoms with Crippen LogP contribution in [0.5, 0.6) is 0 Å². The van der Waals surface area contributed by atoms with E-state index in [-0.39, 0.29) is 12.5 Å². The van der Waals surface area contributed by atoms with Crippen LogP contribution in [0, 0.1) is 0 Å². The Morgan fingerprint density at radius 2 is 1.58 bits per heavy atom. The van der Waals surface area contributed by atoms with E-state index in [1.165, 1.54) is 0 Å². The van der Waals surface area contributed by atoms with E-state index >= 15 is 0 Å². The number of aliphatic hydroxyl groups excluding tert-OH is 1. The maximum absolute atomic E-state index is 13.1. The van der Waals surface area contributed by atoms with Gasteiger partial charge in [-0.15, -0.1) is 0 Å². The van der Waals surface area contributed by atoms with Crippen molar-refractivity contribution in [3.63, 3.8) is 0 Å². The largest absolute Gasteiger partial charge is 0.387 e. The molecule has 1 fully saturated rings. The number of halogens is 2. The van der Waals surface area contributed by atoms with Crippen molar-refractivity contribution in [2.45, 2.75) is 25.0 Å². The predicted octanol–water partition coefficient (Wildman–Crippen LogP) is 3.88. The van der Waals surface area contributed by atoms with E-state index in [1.54, 1.807) is 48.5 Å². The van der Waals surface area contributed by atoms with Crippen LogP contribution in [0.3, 0.4) is 0 Å². The number of carbonyl (C=O) groups is 2. The smallest absolute Gasteiger partial charge is 0.325 e. The molecule has 3 amide bonds. The maximum Gasteiger partial charge on any atom is 0.325 e. The fraction of sp³-hybridized carbons (Fsp3) is 0.263. The Balaban J connectivity index is 1.85. The van der Waals surface area contributed by atoms with E-state index in [1.807, 2.05) is 6.92 Å². The molecule has 0 unspecified atom stereocenters. The molecule has 0 radical (unpaired) electrons. The highest BCUT2D eigenvalue weighted by molar-refractivity contribution is 6.30. The van der Waals surface area contributed by atoms with E-state index in [4.69, 9.17) is 23.2 Å². The molecule has 136 valence electrons. The van der Waals surface area contributed by atoms with Crippen LogP contribution in [0.15, 0.2) is 48.5 Å². The predicted molar refractivity (Wildman–Crippen MR) is 100 cm³/mol. The highest BCUT2D eigenvalue weighted by atomic mass is 35.5. The summed E-state index contributed by atoms with van der Waals surface area (Å²) in [6, 6.07) is 12.9. The Morgan fingerprint density at radius 3 is 2.12 bits per heavy atom. The van der Waals surface area contributed by atoms with Gasteiger partial charge in [0.2, 0.25) is 0 Å². The van der Waals surface area contributed by atoms with Crippen molar-refractivity contribution in [2.24, 2.45) is 0 Å². The molecule has 0 bridgehead atoms. The topological polar surface area (TPSA) is 69.6 Å². The zero-order valence-electron chi connectivity index (χ0n) is 14.1. The number of nitrogens with zero attached hydrogens (tertiary/aromatic N) is 1. The van der Waals surface area contributed by atoms with E-state index in [0.717, 1.165) is 4.90 Å². The van der Waals surface area contributed by atoms with E-state index in [0.29, 0.717) is 27.6 Å². The first-order valence-corrected chi connectivity index (χ1v) is 8.96. The van der Waals surface area contributed by atoms with Gasteiger partial charge in [0.15, 0.2) is 0 Å². The molecule has 1 aliphatic rings. The first kappa shape index (κ1) is 18.7. The zero-order chi connectivity index (χ0) is 18.9. The Morgan fingerprint density at radius 1 is 1.04 bits per heavy atom. The molecular formula is C19H18Cl2N2O3. The SMILES string of the molecule is CC[C@]1(c2ccc(Cl)cc2)NC(=O)N(C[C@@H](O)c2ccc(Cl)cc2)C1=O. The van der Waals surface area contributed by atoms with Gasteiger partial charge in [-0.05, 0) is 41.8 Å². The molecule has 2 aromatic rings. The van der Waals surface area contributed by atoms with Crippen LogP contribution in [0.25, 0.3) is 0 Å². The van der Waals surface area contributed by atoms with Crippen LogP contribution in [0.1, 0.15) is 30.6 Å². The van der Waals surface area contributed by atoms with Gasteiger partial charge < -0.3 is 10.4 Å². The summed E-state index contributed by atoms with van der Waals surface area (Å²) in [5.74, 6) is -0.389. The molecule has 1 saturated heterocycles. The van der Waals surface area contributed by atoms with Gasteiger partial charge in [-0.2, -0.15) is 0 Å². The molecule has 2 aromatic carbocycles. The van der Waals surface area contributed by atoms with E-state index < -0.39 is 17.7 Å². The van der Waals surface area contributed by atoms with Crippen molar-refractivity contribution in [1.82, 2.24) is 10.2 Å². The minimum atomic E-state index is -1.15. The third-order valence-corrected chi connectivity index (χ3v) is 5.16. The highest BCUT2D eigenvalue weighted by Gasteiger charge is 2.51. The number of hydrogen-bond donors (Lipinski definition) is 2. The van der Waals surface area contributed by atoms with Gasteiger partial charge in [-0.25, -0.2) is 4.79 Å².